The van der Waals surface area contributed by atoms with Gasteiger partial charge in [0.05, 0.1) is 6.54 Å². The van der Waals surface area contributed by atoms with Crippen LogP contribution in [0.5, 0.6) is 0 Å². The summed E-state index contributed by atoms with van der Waals surface area (Å²) in [6.07, 6.45) is 0. The second-order valence-electron chi connectivity index (χ2n) is 2.24. The van der Waals surface area contributed by atoms with Crippen molar-refractivity contribution < 1.29 is 0 Å². The summed E-state index contributed by atoms with van der Waals surface area (Å²) in [6.45, 7) is 3.82. The molecule has 0 spiro atoms. The van der Waals surface area contributed by atoms with Gasteiger partial charge in [-0.25, -0.2) is 0 Å². The molecule has 0 fully saturated rings. The molecular weight excluding hydrogens is 146 g/mol. The van der Waals surface area contributed by atoms with E-state index in [1.54, 1.807) is 0 Å². The molecule has 0 amide bonds. The fraction of sp³-hybridized carbons (Fsp3) is 0.125. The third-order valence-corrected chi connectivity index (χ3v) is 1.96. The first kappa shape index (κ1) is 6.20. The molecule has 0 saturated heterocycles. The van der Waals surface area contributed by atoms with Crippen molar-refractivity contribution in [1.29, 1.82) is 0 Å². The van der Waals surface area contributed by atoms with Crippen molar-refractivity contribution in [2.45, 2.75) is 6.54 Å². The third-order valence-electron chi connectivity index (χ3n) is 1.61. The van der Waals surface area contributed by atoms with Gasteiger partial charge in [0.1, 0.15) is 0 Å². The number of nitrogens with one attached hydrogen (secondary N) is 1. The number of benzene rings is 1. The molecule has 0 aromatic heterocycles. The van der Waals surface area contributed by atoms with Gasteiger partial charge in [-0.15, -0.1) is 0 Å². The molecule has 1 N–H and O–H groups in total. The number of fused-ring (bicyclic) bond motifs is 1. The zero-order valence-electron chi connectivity index (χ0n) is 5.32. The number of rotatable bonds is 0. The van der Waals surface area contributed by atoms with Crippen molar-refractivity contribution in [2.24, 2.45) is 0 Å². The molecule has 1 heterocycles. The normalized spacial score (nSPS) is 15.3. The summed E-state index contributed by atoms with van der Waals surface area (Å²) in [5.41, 5.74) is 2.25. The highest BCUT2D eigenvalue weighted by Crippen LogP contribution is 2.24. The third kappa shape index (κ3) is 0.825. The Morgan fingerprint density at radius 2 is 2.40 bits per heavy atom. The monoisotopic (exact) mass is 151 g/mol. The molecule has 0 aliphatic carbocycles. The molecule has 1 aliphatic heterocycles. The molecule has 1 aromatic rings. The maximum atomic E-state index is 5.89. The van der Waals surface area contributed by atoms with Crippen LogP contribution in [-0.4, -0.2) is 0 Å². The van der Waals surface area contributed by atoms with Crippen LogP contribution >= 0.6 is 11.6 Å². The Kier molecular flexibility index (Phi) is 1.40. The molecule has 50 valence electrons. The van der Waals surface area contributed by atoms with Crippen molar-refractivity contribution in [3.05, 3.63) is 40.9 Å². The van der Waals surface area contributed by atoms with E-state index in [4.69, 9.17) is 11.6 Å². The van der Waals surface area contributed by atoms with Crippen LogP contribution in [0, 0.1) is 6.54 Å². The van der Waals surface area contributed by atoms with Crippen LogP contribution in [0.4, 0.5) is 0 Å². The molecule has 2 rings (SSSR count). The van der Waals surface area contributed by atoms with E-state index in [0.29, 0.717) is 0 Å². The van der Waals surface area contributed by atoms with Crippen LogP contribution in [0.1, 0.15) is 11.1 Å². The van der Waals surface area contributed by atoms with Gasteiger partial charge in [-0.1, -0.05) is 23.7 Å². The van der Waals surface area contributed by atoms with E-state index in [1.807, 2.05) is 18.2 Å². The molecular formula is C8H6ClN. The number of hydrogen-bond acceptors (Lipinski definition) is 1. The van der Waals surface area contributed by atoms with Crippen molar-refractivity contribution >= 4 is 11.6 Å². The Morgan fingerprint density at radius 3 is 3.20 bits per heavy atom. The average molecular weight is 152 g/mol. The predicted octanol–water partition coefficient (Wildman–Crippen LogP) is 1.83. The van der Waals surface area contributed by atoms with Gasteiger partial charge in [-0.2, -0.15) is 0 Å². The van der Waals surface area contributed by atoms with Gasteiger partial charge in [0.25, 0.3) is 0 Å². The summed E-state index contributed by atoms with van der Waals surface area (Å²) in [5, 5.41) is 3.82. The molecule has 1 aromatic carbocycles. The Hall–Kier alpha value is -0.530. The SMILES string of the molecule is Clc1cccc2c1CN[C]2. The smallest absolute Gasteiger partial charge is 0.0940 e. The van der Waals surface area contributed by atoms with Gasteiger partial charge < -0.3 is 0 Å². The lowest BCUT2D eigenvalue weighted by Gasteiger charge is -1.97. The Bertz CT molecular complexity index is 257. The van der Waals surface area contributed by atoms with E-state index in [1.165, 1.54) is 0 Å². The van der Waals surface area contributed by atoms with E-state index in [9.17, 15) is 0 Å². The summed E-state index contributed by atoms with van der Waals surface area (Å²) in [6, 6.07) is 5.83. The summed E-state index contributed by atoms with van der Waals surface area (Å²) < 4.78 is 0. The quantitative estimate of drug-likeness (QED) is 0.597. The minimum absolute atomic E-state index is 0.814. The maximum absolute atomic E-state index is 5.89. The predicted molar refractivity (Wildman–Crippen MR) is 40.6 cm³/mol. The van der Waals surface area contributed by atoms with E-state index in [2.05, 4.69) is 11.9 Å². The fourth-order valence-corrected chi connectivity index (χ4v) is 1.32. The van der Waals surface area contributed by atoms with Crippen molar-refractivity contribution in [2.75, 3.05) is 0 Å². The minimum atomic E-state index is 0.814. The summed E-state index contributed by atoms with van der Waals surface area (Å²) in [5.74, 6) is 0. The molecule has 0 bridgehead atoms. The first-order valence-electron chi connectivity index (χ1n) is 3.14. The van der Waals surface area contributed by atoms with Gasteiger partial charge in [0.15, 0.2) is 0 Å². The zero-order chi connectivity index (χ0) is 6.97. The maximum Gasteiger partial charge on any atom is 0.0940 e. The van der Waals surface area contributed by atoms with Crippen molar-refractivity contribution in [3.63, 3.8) is 0 Å². The molecule has 2 heteroatoms. The molecule has 0 atom stereocenters. The molecule has 0 saturated carbocycles. The molecule has 1 nitrogen and oxygen atoms in total. The molecule has 0 unspecified atom stereocenters. The largest absolute Gasteiger partial charge is 0.299 e. The first-order valence-corrected chi connectivity index (χ1v) is 3.52. The standard InChI is InChI=1S/C8H6ClN/c9-8-3-1-2-6-4-10-5-7(6)8/h1-3,10H,5H2. The van der Waals surface area contributed by atoms with E-state index >= 15 is 0 Å². The van der Waals surface area contributed by atoms with Crippen molar-refractivity contribution in [3.8, 4) is 0 Å². The molecule has 2 radical (unpaired) electrons. The highest BCUT2D eigenvalue weighted by Gasteiger charge is 2.12. The Balaban J connectivity index is 2.59. The van der Waals surface area contributed by atoms with Crippen LogP contribution in [0.2, 0.25) is 5.02 Å². The number of hydrogen-bond donors (Lipinski definition) is 1. The van der Waals surface area contributed by atoms with Crippen LogP contribution in [0.3, 0.4) is 0 Å². The lowest BCUT2D eigenvalue weighted by atomic mass is 10.1. The fourth-order valence-electron chi connectivity index (χ4n) is 1.08. The minimum Gasteiger partial charge on any atom is -0.299 e. The zero-order valence-corrected chi connectivity index (χ0v) is 6.07. The number of halogens is 1. The van der Waals surface area contributed by atoms with Crippen LogP contribution < -0.4 is 5.32 Å². The Morgan fingerprint density at radius 1 is 1.50 bits per heavy atom. The average Bonchev–Trinajstić information content (AvgIpc) is 2.36. The second kappa shape index (κ2) is 2.26. The van der Waals surface area contributed by atoms with Gasteiger partial charge in [-0.05, 0) is 17.2 Å². The lowest BCUT2D eigenvalue weighted by Crippen LogP contribution is -1.97. The van der Waals surface area contributed by atoms with Gasteiger partial charge in [-0.3, -0.25) is 5.32 Å². The Labute approximate surface area is 65.0 Å². The first-order chi connectivity index (χ1) is 4.88. The van der Waals surface area contributed by atoms with E-state index in [-0.39, 0.29) is 0 Å². The van der Waals surface area contributed by atoms with E-state index < -0.39 is 0 Å². The molecule has 10 heavy (non-hydrogen) atoms. The summed E-state index contributed by atoms with van der Waals surface area (Å²) in [4.78, 5) is 0. The highest BCUT2D eigenvalue weighted by molar-refractivity contribution is 6.31. The highest BCUT2D eigenvalue weighted by atomic mass is 35.5. The van der Waals surface area contributed by atoms with E-state index in [0.717, 1.165) is 22.7 Å². The summed E-state index contributed by atoms with van der Waals surface area (Å²) in [7, 11) is 0. The summed E-state index contributed by atoms with van der Waals surface area (Å²) >= 11 is 5.89. The topological polar surface area (TPSA) is 12.0 Å². The van der Waals surface area contributed by atoms with Gasteiger partial charge >= 0.3 is 0 Å². The molecule has 1 aliphatic rings. The van der Waals surface area contributed by atoms with Gasteiger partial charge in [0.2, 0.25) is 0 Å². The van der Waals surface area contributed by atoms with Crippen molar-refractivity contribution in [1.82, 2.24) is 5.32 Å². The lowest BCUT2D eigenvalue weighted by molar-refractivity contribution is 0.886. The van der Waals surface area contributed by atoms with Crippen LogP contribution in [-0.2, 0) is 6.54 Å². The van der Waals surface area contributed by atoms with Crippen LogP contribution in [0.15, 0.2) is 18.2 Å². The van der Waals surface area contributed by atoms with Crippen LogP contribution in [0.25, 0.3) is 0 Å². The van der Waals surface area contributed by atoms with Gasteiger partial charge in [0, 0.05) is 11.6 Å². The second-order valence-corrected chi connectivity index (χ2v) is 2.65.